The van der Waals surface area contributed by atoms with Crippen LogP contribution in [0.5, 0.6) is 11.5 Å². The molecule has 0 aliphatic rings. The van der Waals surface area contributed by atoms with Crippen molar-refractivity contribution < 1.29 is 18.8 Å². The molecule has 0 radical (unpaired) electrons. The zero-order valence-corrected chi connectivity index (χ0v) is 14.3. The van der Waals surface area contributed by atoms with Crippen molar-refractivity contribution in [2.45, 2.75) is 23.1 Å². The SMILES string of the molecule is CCCOc1ccc([S+]([O-])c2ccc(OCCOC)cc2)cc1. The summed E-state index contributed by atoms with van der Waals surface area (Å²) in [6.07, 6.45) is 0.965. The standard InChI is InChI=1S/C18H22O4S/c1-3-12-21-15-4-8-17(9-5-15)23(19)18-10-6-16(7-11-18)22-14-13-20-2/h4-11H,3,12-14H2,1-2H3. The van der Waals surface area contributed by atoms with Gasteiger partial charge < -0.3 is 18.8 Å². The second-order valence-electron chi connectivity index (χ2n) is 4.90. The molecule has 0 amide bonds. The highest BCUT2D eigenvalue weighted by molar-refractivity contribution is 7.91. The Morgan fingerprint density at radius 1 is 0.783 bits per heavy atom. The Hall–Kier alpha value is -1.69. The van der Waals surface area contributed by atoms with E-state index in [0.717, 1.165) is 27.7 Å². The average Bonchev–Trinajstić information content (AvgIpc) is 2.61. The molecule has 2 aromatic rings. The van der Waals surface area contributed by atoms with Crippen LogP contribution in [0.25, 0.3) is 0 Å². The summed E-state index contributed by atoms with van der Waals surface area (Å²) in [5, 5.41) is 0. The van der Waals surface area contributed by atoms with Crippen LogP contribution in [0, 0.1) is 0 Å². The highest BCUT2D eigenvalue weighted by atomic mass is 32.2. The lowest BCUT2D eigenvalue weighted by Gasteiger charge is -2.11. The van der Waals surface area contributed by atoms with E-state index in [9.17, 15) is 4.55 Å². The van der Waals surface area contributed by atoms with Crippen LogP contribution in [-0.2, 0) is 15.9 Å². The summed E-state index contributed by atoms with van der Waals surface area (Å²) in [6.45, 7) is 3.79. The minimum Gasteiger partial charge on any atom is -0.606 e. The molecule has 0 saturated carbocycles. The first-order chi connectivity index (χ1) is 11.2. The second kappa shape index (κ2) is 9.45. The topological polar surface area (TPSA) is 50.8 Å². The predicted octanol–water partition coefficient (Wildman–Crippen LogP) is 3.67. The molecule has 1 unspecified atom stereocenters. The maximum atomic E-state index is 12.6. The fourth-order valence-corrected chi connectivity index (χ4v) is 2.96. The maximum absolute atomic E-state index is 12.6. The van der Waals surface area contributed by atoms with Gasteiger partial charge in [0.2, 0.25) is 0 Å². The number of rotatable bonds is 9. The van der Waals surface area contributed by atoms with Crippen molar-refractivity contribution in [2.75, 3.05) is 26.9 Å². The molecule has 0 spiro atoms. The van der Waals surface area contributed by atoms with Crippen LogP contribution in [0.4, 0.5) is 0 Å². The van der Waals surface area contributed by atoms with E-state index in [-0.39, 0.29) is 0 Å². The Balaban J connectivity index is 1.97. The molecular formula is C18H22O4S. The molecule has 5 heteroatoms. The summed E-state index contributed by atoms with van der Waals surface area (Å²) in [6, 6.07) is 14.7. The molecule has 0 N–H and O–H groups in total. The van der Waals surface area contributed by atoms with E-state index in [4.69, 9.17) is 14.2 Å². The second-order valence-corrected chi connectivity index (χ2v) is 6.38. The first-order valence-corrected chi connectivity index (χ1v) is 8.76. The van der Waals surface area contributed by atoms with Gasteiger partial charge in [0.25, 0.3) is 0 Å². The number of hydrogen-bond donors (Lipinski definition) is 0. The minimum absolute atomic E-state index is 0.498. The van der Waals surface area contributed by atoms with Gasteiger partial charge in [-0.3, -0.25) is 0 Å². The zero-order chi connectivity index (χ0) is 16.5. The van der Waals surface area contributed by atoms with Gasteiger partial charge in [-0.15, -0.1) is 0 Å². The zero-order valence-electron chi connectivity index (χ0n) is 13.5. The number of benzene rings is 2. The fourth-order valence-electron chi connectivity index (χ4n) is 1.92. The molecule has 0 fully saturated rings. The van der Waals surface area contributed by atoms with Gasteiger partial charge in [-0.1, -0.05) is 6.92 Å². The number of ether oxygens (including phenoxy) is 3. The first-order valence-electron chi connectivity index (χ1n) is 7.61. The first kappa shape index (κ1) is 17.7. The van der Waals surface area contributed by atoms with Crippen LogP contribution in [0.15, 0.2) is 58.3 Å². The van der Waals surface area contributed by atoms with Crippen molar-refractivity contribution in [3.05, 3.63) is 48.5 Å². The molecule has 0 bridgehead atoms. The van der Waals surface area contributed by atoms with Gasteiger partial charge in [-0.2, -0.15) is 0 Å². The smallest absolute Gasteiger partial charge is 0.158 e. The van der Waals surface area contributed by atoms with Crippen molar-refractivity contribution in [3.63, 3.8) is 0 Å². The van der Waals surface area contributed by atoms with Gasteiger partial charge in [-0.05, 0) is 55.0 Å². The van der Waals surface area contributed by atoms with E-state index in [1.165, 1.54) is 0 Å². The van der Waals surface area contributed by atoms with Crippen LogP contribution in [-0.4, -0.2) is 31.5 Å². The summed E-state index contributed by atoms with van der Waals surface area (Å²) >= 11 is -1.21. The van der Waals surface area contributed by atoms with E-state index in [2.05, 4.69) is 6.92 Å². The molecule has 0 saturated heterocycles. The van der Waals surface area contributed by atoms with Gasteiger partial charge in [0.15, 0.2) is 9.79 Å². The van der Waals surface area contributed by atoms with Crippen molar-refractivity contribution in [3.8, 4) is 11.5 Å². The highest BCUT2D eigenvalue weighted by Gasteiger charge is 2.14. The van der Waals surface area contributed by atoms with Crippen LogP contribution in [0.1, 0.15) is 13.3 Å². The van der Waals surface area contributed by atoms with Crippen LogP contribution in [0.3, 0.4) is 0 Å². The molecule has 124 valence electrons. The monoisotopic (exact) mass is 334 g/mol. The Morgan fingerprint density at radius 2 is 1.26 bits per heavy atom. The van der Waals surface area contributed by atoms with E-state index in [1.54, 1.807) is 7.11 Å². The van der Waals surface area contributed by atoms with Gasteiger partial charge in [0, 0.05) is 18.3 Å². The number of hydrogen-bond acceptors (Lipinski definition) is 4. The Morgan fingerprint density at radius 3 is 1.70 bits per heavy atom. The Labute approximate surface area is 140 Å². The van der Waals surface area contributed by atoms with Crippen molar-refractivity contribution in [1.29, 1.82) is 0 Å². The average molecular weight is 334 g/mol. The van der Waals surface area contributed by atoms with Crippen LogP contribution >= 0.6 is 0 Å². The van der Waals surface area contributed by atoms with E-state index in [1.807, 2.05) is 48.5 Å². The molecule has 4 nitrogen and oxygen atoms in total. The molecular weight excluding hydrogens is 312 g/mol. The third kappa shape index (κ3) is 5.46. The lowest BCUT2D eigenvalue weighted by Crippen LogP contribution is -2.05. The lowest BCUT2D eigenvalue weighted by molar-refractivity contribution is 0.146. The molecule has 0 aliphatic carbocycles. The van der Waals surface area contributed by atoms with Crippen LogP contribution in [0.2, 0.25) is 0 Å². The predicted molar refractivity (Wildman–Crippen MR) is 90.7 cm³/mol. The molecule has 0 heterocycles. The van der Waals surface area contributed by atoms with Crippen molar-refractivity contribution in [1.82, 2.24) is 0 Å². The molecule has 23 heavy (non-hydrogen) atoms. The van der Waals surface area contributed by atoms with Gasteiger partial charge in [0.05, 0.1) is 13.2 Å². The molecule has 0 aromatic heterocycles. The molecule has 0 aliphatic heterocycles. The van der Waals surface area contributed by atoms with E-state index >= 15 is 0 Å². The maximum Gasteiger partial charge on any atom is 0.158 e. The lowest BCUT2D eigenvalue weighted by atomic mass is 10.3. The minimum atomic E-state index is -1.21. The summed E-state index contributed by atoms with van der Waals surface area (Å²) in [5.41, 5.74) is 0. The largest absolute Gasteiger partial charge is 0.606 e. The summed E-state index contributed by atoms with van der Waals surface area (Å²) < 4.78 is 28.5. The molecule has 2 aromatic carbocycles. The summed E-state index contributed by atoms with van der Waals surface area (Å²) in [4.78, 5) is 1.49. The highest BCUT2D eigenvalue weighted by Crippen LogP contribution is 2.24. The number of methoxy groups -OCH3 is 1. The fraction of sp³-hybridized carbons (Fsp3) is 0.333. The third-order valence-electron chi connectivity index (χ3n) is 3.10. The van der Waals surface area contributed by atoms with Gasteiger partial charge in [0.1, 0.15) is 18.1 Å². The summed E-state index contributed by atoms with van der Waals surface area (Å²) in [7, 11) is 1.63. The third-order valence-corrected chi connectivity index (χ3v) is 4.51. The van der Waals surface area contributed by atoms with Gasteiger partial charge >= 0.3 is 0 Å². The Kier molecular flexibility index (Phi) is 7.26. The molecule has 2 rings (SSSR count). The van der Waals surface area contributed by atoms with Crippen molar-refractivity contribution in [2.24, 2.45) is 0 Å². The van der Waals surface area contributed by atoms with Crippen LogP contribution < -0.4 is 9.47 Å². The quantitative estimate of drug-likeness (QED) is 0.519. The van der Waals surface area contributed by atoms with Gasteiger partial charge in [-0.25, -0.2) is 0 Å². The normalized spacial score (nSPS) is 12.0. The summed E-state index contributed by atoms with van der Waals surface area (Å²) in [5.74, 6) is 1.54. The Bertz CT molecular complexity index is 569. The van der Waals surface area contributed by atoms with E-state index in [0.29, 0.717) is 19.8 Å². The molecule has 1 atom stereocenters. The van der Waals surface area contributed by atoms with Crippen molar-refractivity contribution >= 4 is 11.2 Å². The van der Waals surface area contributed by atoms with E-state index < -0.39 is 11.2 Å².